The lowest BCUT2D eigenvalue weighted by Gasteiger charge is -2.28. The van der Waals surface area contributed by atoms with Gasteiger partial charge in [0.25, 0.3) is 0 Å². The van der Waals surface area contributed by atoms with Gasteiger partial charge in [-0.2, -0.15) is 13.7 Å². The Morgan fingerprint density at radius 2 is 1.95 bits per heavy atom. The summed E-state index contributed by atoms with van der Waals surface area (Å²) in [6, 6.07) is 12.4. The molecule has 0 radical (unpaired) electrons. The zero-order chi connectivity index (χ0) is 26.6. The number of nitrogens with one attached hydrogen (secondary N) is 1. The fourth-order valence-corrected chi connectivity index (χ4v) is 5.97. The summed E-state index contributed by atoms with van der Waals surface area (Å²) in [6.07, 6.45) is 4.53. The van der Waals surface area contributed by atoms with Crippen LogP contribution in [0, 0.1) is 11.3 Å². The van der Waals surface area contributed by atoms with Crippen LogP contribution in [0.2, 0.25) is 0 Å². The van der Waals surface area contributed by atoms with Crippen LogP contribution in [0.1, 0.15) is 36.9 Å². The second-order valence-electron chi connectivity index (χ2n) is 9.49. The third kappa shape index (κ3) is 3.86. The Balaban J connectivity index is 1.74. The summed E-state index contributed by atoms with van der Waals surface area (Å²) in [6.45, 7) is 3.11. The van der Waals surface area contributed by atoms with Crippen molar-refractivity contribution < 1.29 is 17.0 Å². The molecule has 4 heterocycles. The van der Waals surface area contributed by atoms with Gasteiger partial charge >= 0.3 is 10.2 Å². The van der Waals surface area contributed by atoms with Crippen molar-refractivity contribution in [2.24, 2.45) is 0 Å². The highest BCUT2D eigenvalue weighted by Crippen LogP contribution is 2.36. The van der Waals surface area contributed by atoms with Crippen LogP contribution in [-0.2, 0) is 21.4 Å². The molecule has 10 heteroatoms. The van der Waals surface area contributed by atoms with Crippen LogP contribution in [-0.4, -0.2) is 36.2 Å². The Labute approximate surface area is 217 Å². The molecule has 1 aliphatic rings. The van der Waals surface area contributed by atoms with Crippen LogP contribution in [0.5, 0.6) is 0 Å². The summed E-state index contributed by atoms with van der Waals surface area (Å²) in [4.78, 5) is 20.8. The summed E-state index contributed by atoms with van der Waals surface area (Å²) >= 11 is 0. The number of ether oxygens (including phenoxy) is 1. The van der Waals surface area contributed by atoms with Crippen molar-refractivity contribution in [3.63, 3.8) is 0 Å². The highest BCUT2D eigenvalue weighted by Gasteiger charge is 2.25. The third-order valence-electron chi connectivity index (χ3n) is 7.34. The molecule has 0 spiro atoms. The van der Waals surface area contributed by atoms with E-state index >= 15 is 0 Å². The van der Waals surface area contributed by atoms with Crippen LogP contribution in [0.25, 0.3) is 44.0 Å². The highest BCUT2D eigenvalue weighted by molar-refractivity contribution is 7.86. The average Bonchev–Trinajstić information content (AvgIpc) is 3.31. The maximum absolute atomic E-state index is 14.0. The van der Waals surface area contributed by atoms with Gasteiger partial charge in [0.15, 0.2) is 5.43 Å². The van der Waals surface area contributed by atoms with E-state index in [-0.39, 0.29) is 11.5 Å². The molecule has 0 saturated carbocycles. The van der Waals surface area contributed by atoms with Crippen LogP contribution in [0.15, 0.2) is 58.5 Å². The number of nitrogens with zero attached hydrogens (tertiary/aromatic N) is 3. The van der Waals surface area contributed by atoms with E-state index in [1.165, 1.54) is 12.3 Å². The number of benzene rings is 2. The minimum atomic E-state index is -4.94. The van der Waals surface area contributed by atoms with E-state index in [1.54, 1.807) is 18.2 Å². The zero-order valence-corrected chi connectivity index (χ0v) is 21.3. The number of hydrogen-bond acceptors (Lipinski definition) is 6. The van der Waals surface area contributed by atoms with Gasteiger partial charge in [-0.25, -0.2) is 0 Å². The lowest BCUT2D eigenvalue weighted by atomic mass is 9.95. The predicted octanol–water partition coefficient (Wildman–Crippen LogP) is 5.14. The quantitative estimate of drug-likeness (QED) is 0.322. The Morgan fingerprint density at radius 3 is 2.66 bits per heavy atom. The van der Waals surface area contributed by atoms with Crippen LogP contribution >= 0.6 is 0 Å². The monoisotopic (exact) mass is 530 g/mol. The first-order valence-corrected chi connectivity index (χ1v) is 13.7. The first-order valence-electron chi connectivity index (χ1n) is 12.3. The van der Waals surface area contributed by atoms with Gasteiger partial charge in [0, 0.05) is 53.5 Å². The van der Waals surface area contributed by atoms with Gasteiger partial charge in [0.05, 0.1) is 22.5 Å². The molecular weight excluding hydrogens is 507 g/mol. The van der Waals surface area contributed by atoms with Gasteiger partial charge in [-0.3, -0.25) is 9.78 Å². The molecule has 0 unspecified atom stereocenters. The predicted molar refractivity (Wildman–Crippen MR) is 142 cm³/mol. The number of nitriles is 1. The fraction of sp³-hybridized carbons (Fsp3) is 0.250. The molecular formula is C28H23FN4O4S. The van der Waals surface area contributed by atoms with E-state index in [9.17, 15) is 22.4 Å². The molecule has 1 N–H and O–H groups in total. The number of fused-ring (bicyclic) bond motifs is 4. The molecule has 6 rings (SSSR count). The Morgan fingerprint density at radius 1 is 1.16 bits per heavy atom. The number of aromatic nitrogens is 3. The highest BCUT2D eigenvalue weighted by atomic mass is 32.3. The van der Waals surface area contributed by atoms with Crippen molar-refractivity contribution >= 4 is 43.1 Å². The molecule has 3 aromatic heterocycles. The molecule has 38 heavy (non-hydrogen) atoms. The lowest BCUT2D eigenvalue weighted by Crippen LogP contribution is -2.22. The second-order valence-corrected chi connectivity index (χ2v) is 10.8. The van der Waals surface area contributed by atoms with Crippen LogP contribution < -0.4 is 5.43 Å². The minimum absolute atomic E-state index is 0.0360. The summed E-state index contributed by atoms with van der Waals surface area (Å²) in [7, 11) is -4.94. The molecule has 2 aromatic carbocycles. The van der Waals surface area contributed by atoms with Crippen molar-refractivity contribution in [3.05, 3.63) is 70.1 Å². The van der Waals surface area contributed by atoms with Crippen molar-refractivity contribution in [1.29, 1.82) is 5.26 Å². The van der Waals surface area contributed by atoms with E-state index in [0.717, 1.165) is 30.0 Å². The van der Waals surface area contributed by atoms with Gasteiger partial charge in [0.2, 0.25) is 0 Å². The molecule has 5 aromatic rings. The SMILES string of the molecule is CCc1cc2c(=O)c3c4ccc(C#N)cc4[nH]c3n(C3CCOCC3)c2cc1-c1cncc(S(=O)(=O)F)c1. The van der Waals surface area contributed by atoms with Crippen molar-refractivity contribution in [2.45, 2.75) is 37.1 Å². The maximum atomic E-state index is 14.0. The Hall–Kier alpha value is -4.07. The number of aryl methyl sites for hydroxylation is 1. The summed E-state index contributed by atoms with van der Waals surface area (Å²) in [5.41, 5.74) is 4.35. The summed E-state index contributed by atoms with van der Waals surface area (Å²) in [5.74, 6) is 0. The van der Waals surface area contributed by atoms with Gasteiger partial charge in [-0.1, -0.05) is 13.0 Å². The molecule has 1 aliphatic heterocycles. The van der Waals surface area contributed by atoms with E-state index in [2.05, 4.69) is 20.6 Å². The number of hydrogen-bond donors (Lipinski definition) is 1. The van der Waals surface area contributed by atoms with Crippen molar-refractivity contribution in [1.82, 2.24) is 14.5 Å². The molecule has 1 fully saturated rings. The van der Waals surface area contributed by atoms with Gasteiger partial charge in [0.1, 0.15) is 10.5 Å². The third-order valence-corrected chi connectivity index (χ3v) is 8.13. The molecule has 0 bridgehead atoms. The summed E-state index contributed by atoms with van der Waals surface area (Å²) < 4.78 is 44.7. The van der Waals surface area contributed by atoms with E-state index < -0.39 is 15.1 Å². The average molecular weight is 531 g/mol. The number of H-pyrrole nitrogens is 1. The van der Waals surface area contributed by atoms with E-state index in [4.69, 9.17) is 4.74 Å². The molecule has 8 nitrogen and oxygen atoms in total. The van der Waals surface area contributed by atoms with Gasteiger partial charge in [-0.05, 0) is 60.7 Å². The first-order chi connectivity index (χ1) is 18.3. The zero-order valence-electron chi connectivity index (χ0n) is 20.5. The van der Waals surface area contributed by atoms with Gasteiger partial charge < -0.3 is 14.3 Å². The number of aromatic amines is 1. The van der Waals surface area contributed by atoms with Crippen molar-refractivity contribution in [3.8, 4) is 17.2 Å². The molecule has 1 saturated heterocycles. The largest absolute Gasteiger partial charge is 0.381 e. The number of rotatable bonds is 4. The smallest absolute Gasteiger partial charge is 0.333 e. The first kappa shape index (κ1) is 24.3. The van der Waals surface area contributed by atoms with E-state index in [1.807, 2.05) is 19.1 Å². The molecule has 192 valence electrons. The van der Waals surface area contributed by atoms with E-state index in [0.29, 0.717) is 63.8 Å². The molecule has 0 aliphatic carbocycles. The lowest BCUT2D eigenvalue weighted by molar-refractivity contribution is 0.0715. The Kier molecular flexibility index (Phi) is 5.78. The molecule has 0 atom stereocenters. The minimum Gasteiger partial charge on any atom is -0.381 e. The normalized spacial score (nSPS) is 14.9. The topological polar surface area (TPSA) is 118 Å². The standard InChI is InChI=1S/C28H23FN4O4S/c1-2-17-11-23-25(12-22(17)18-10-20(15-31-14-18)38(29,35)36)33(19-5-7-37-8-6-19)28-26(27(23)34)21-4-3-16(13-30)9-24(21)32-28/h3-4,9-12,14-15,19,32H,2,5-8H2,1H3. The van der Waals surface area contributed by atoms with Gasteiger partial charge in [-0.15, -0.1) is 3.89 Å². The second kappa shape index (κ2) is 9.04. The summed E-state index contributed by atoms with van der Waals surface area (Å²) in [5, 5.41) is 11.2. The van der Waals surface area contributed by atoms with Crippen molar-refractivity contribution in [2.75, 3.05) is 13.2 Å². The number of pyridine rings is 2. The van der Waals surface area contributed by atoms with Crippen LogP contribution in [0.3, 0.4) is 0 Å². The fourth-order valence-electron chi connectivity index (χ4n) is 5.52. The van der Waals surface area contributed by atoms with Crippen LogP contribution in [0.4, 0.5) is 3.89 Å². The molecule has 0 amide bonds. The Bertz CT molecular complexity index is 1970. The maximum Gasteiger partial charge on any atom is 0.333 e. The number of halogens is 1.